The Hall–Kier alpha value is -3.19. The highest BCUT2D eigenvalue weighted by molar-refractivity contribution is 5.85. The first-order chi connectivity index (χ1) is 16.5. The molecule has 3 heterocycles. The summed E-state index contributed by atoms with van der Waals surface area (Å²) in [6.45, 7) is -0.649. The van der Waals surface area contributed by atoms with Gasteiger partial charge in [0.2, 0.25) is 11.7 Å². The Morgan fingerprint density at radius 3 is 2.42 bits per heavy atom. The number of fused-ring (bicyclic) bond motifs is 1. The molecule has 2 aromatic heterocycles. The van der Waals surface area contributed by atoms with E-state index in [1.54, 1.807) is 0 Å². The van der Waals surface area contributed by atoms with Gasteiger partial charge in [-0.05, 0) is 24.1 Å². The molecule has 0 fully saturated rings. The third-order valence-corrected chi connectivity index (χ3v) is 5.65. The van der Waals surface area contributed by atoms with Gasteiger partial charge in [-0.3, -0.25) is 9.78 Å². The molecular weight excluding hydrogens is 519 g/mol. The van der Waals surface area contributed by atoms with Gasteiger partial charge >= 0.3 is 6.18 Å². The number of aromatic nitrogens is 3. The summed E-state index contributed by atoms with van der Waals surface area (Å²) in [5.41, 5.74) is 5.23. The van der Waals surface area contributed by atoms with Crippen molar-refractivity contribution in [3.63, 3.8) is 0 Å². The van der Waals surface area contributed by atoms with Gasteiger partial charge in [-0.2, -0.15) is 13.2 Å². The molecule has 0 radical (unpaired) electrons. The molecule has 0 bridgehead atoms. The summed E-state index contributed by atoms with van der Waals surface area (Å²) in [6, 6.07) is 1.24. The van der Waals surface area contributed by atoms with Crippen molar-refractivity contribution in [3.8, 4) is 11.3 Å². The molecule has 1 aliphatic rings. The van der Waals surface area contributed by atoms with Gasteiger partial charge in [0, 0.05) is 43.4 Å². The highest BCUT2D eigenvalue weighted by Gasteiger charge is 2.41. The number of imidazole rings is 1. The lowest BCUT2D eigenvalue weighted by molar-refractivity contribution is -0.148. The molecule has 1 aromatic carbocycles. The topological polar surface area (TPSA) is 77.0 Å². The molecule has 0 spiro atoms. The molecule has 36 heavy (non-hydrogen) atoms. The van der Waals surface area contributed by atoms with E-state index in [1.807, 2.05) is 0 Å². The van der Waals surface area contributed by atoms with Crippen LogP contribution in [0, 0.1) is 23.3 Å². The Morgan fingerprint density at radius 2 is 1.75 bits per heavy atom. The van der Waals surface area contributed by atoms with Crippen molar-refractivity contribution in [2.24, 2.45) is 5.73 Å². The van der Waals surface area contributed by atoms with Gasteiger partial charge in [-0.25, -0.2) is 22.5 Å². The molecular formula is C22H19ClF7N5O. The zero-order chi connectivity index (χ0) is 25.5. The lowest BCUT2D eigenvalue weighted by Gasteiger charge is -2.30. The standard InChI is InChI=1S/C22H18F7N5O.ClH/c23-14-8-16(25)15(24)6-11(14)5-12(30)7-19(35)33-3-4-34-18(10-33)20(32-21(34)22(27,28)29)13-1-2-31-9-17(13)26;/h1-2,6,8-9,12H,3-5,7,10,30H2;1H/t12-;/m1./s1. The number of hydrogen-bond donors (Lipinski definition) is 1. The normalized spacial score (nSPS) is 14.3. The lowest BCUT2D eigenvalue weighted by atomic mass is 10.0. The van der Waals surface area contributed by atoms with Crippen LogP contribution in [0.25, 0.3) is 11.3 Å². The van der Waals surface area contributed by atoms with E-state index in [4.69, 9.17) is 5.73 Å². The molecule has 14 heteroatoms. The van der Waals surface area contributed by atoms with E-state index in [-0.39, 0.29) is 67.4 Å². The SMILES string of the molecule is Cl.N[C@@H](CC(=O)N1CCn2c(C(F)(F)F)nc(-c3ccncc3F)c2C1)Cc1cc(F)c(F)cc1F. The number of nitrogens with two attached hydrogens (primary N) is 1. The van der Waals surface area contributed by atoms with Crippen LogP contribution in [0.2, 0.25) is 0 Å². The van der Waals surface area contributed by atoms with Crippen LogP contribution in [0.1, 0.15) is 23.5 Å². The fourth-order valence-electron chi connectivity index (χ4n) is 4.01. The molecule has 4 rings (SSSR count). The summed E-state index contributed by atoms with van der Waals surface area (Å²) in [7, 11) is 0. The van der Waals surface area contributed by atoms with Crippen molar-refractivity contribution in [2.75, 3.05) is 6.54 Å². The second-order valence-electron chi connectivity index (χ2n) is 8.08. The van der Waals surface area contributed by atoms with Crippen LogP contribution in [-0.4, -0.2) is 37.9 Å². The molecule has 0 saturated heterocycles. The van der Waals surface area contributed by atoms with E-state index in [2.05, 4.69) is 9.97 Å². The zero-order valence-corrected chi connectivity index (χ0v) is 19.1. The van der Waals surface area contributed by atoms with Gasteiger partial charge in [-0.15, -0.1) is 12.4 Å². The van der Waals surface area contributed by atoms with Gasteiger partial charge < -0.3 is 15.2 Å². The summed E-state index contributed by atoms with van der Waals surface area (Å²) in [6.07, 6.45) is -3.36. The second-order valence-corrected chi connectivity index (χ2v) is 8.08. The van der Waals surface area contributed by atoms with Crippen LogP contribution >= 0.6 is 12.4 Å². The van der Waals surface area contributed by atoms with Crippen LogP contribution in [-0.2, 0) is 30.5 Å². The van der Waals surface area contributed by atoms with Gasteiger partial charge in [0.05, 0.1) is 24.1 Å². The summed E-state index contributed by atoms with van der Waals surface area (Å²) in [5, 5.41) is 0. The number of pyridine rings is 1. The Bertz CT molecular complexity index is 1280. The van der Waals surface area contributed by atoms with Crippen molar-refractivity contribution in [1.82, 2.24) is 19.4 Å². The van der Waals surface area contributed by atoms with Crippen molar-refractivity contribution < 1.29 is 35.5 Å². The molecule has 1 aliphatic heterocycles. The minimum atomic E-state index is -4.81. The molecule has 3 aromatic rings. The fourth-order valence-corrected chi connectivity index (χ4v) is 4.01. The molecule has 1 atom stereocenters. The van der Waals surface area contributed by atoms with Crippen LogP contribution < -0.4 is 5.73 Å². The highest BCUT2D eigenvalue weighted by atomic mass is 35.5. The zero-order valence-electron chi connectivity index (χ0n) is 18.3. The first-order valence-corrected chi connectivity index (χ1v) is 10.4. The van der Waals surface area contributed by atoms with E-state index in [0.717, 1.165) is 10.8 Å². The first-order valence-electron chi connectivity index (χ1n) is 10.4. The van der Waals surface area contributed by atoms with Gasteiger partial charge in [0.25, 0.3) is 0 Å². The summed E-state index contributed by atoms with van der Waals surface area (Å²) in [5.74, 6) is -6.28. The quantitative estimate of drug-likeness (QED) is 0.390. The highest BCUT2D eigenvalue weighted by Crippen LogP contribution is 2.36. The van der Waals surface area contributed by atoms with Gasteiger partial charge in [0.15, 0.2) is 17.5 Å². The number of amides is 1. The molecule has 0 aliphatic carbocycles. The molecule has 0 unspecified atom stereocenters. The average molecular weight is 538 g/mol. The smallest absolute Gasteiger partial charge is 0.335 e. The Morgan fingerprint density at radius 1 is 1.06 bits per heavy atom. The van der Waals surface area contributed by atoms with Crippen molar-refractivity contribution in [2.45, 2.75) is 38.1 Å². The number of rotatable bonds is 5. The summed E-state index contributed by atoms with van der Waals surface area (Å²) >= 11 is 0. The maximum atomic E-state index is 14.3. The number of carbonyl (C=O) groups excluding carboxylic acids is 1. The number of hydrogen-bond acceptors (Lipinski definition) is 4. The molecule has 1 amide bonds. The first kappa shape index (κ1) is 27.4. The van der Waals surface area contributed by atoms with E-state index in [1.165, 1.54) is 17.2 Å². The maximum absolute atomic E-state index is 14.3. The summed E-state index contributed by atoms with van der Waals surface area (Å²) in [4.78, 5) is 21.3. The minimum Gasteiger partial charge on any atom is -0.335 e. The largest absolute Gasteiger partial charge is 0.449 e. The van der Waals surface area contributed by atoms with E-state index in [9.17, 15) is 35.5 Å². The third kappa shape index (κ3) is 5.46. The summed E-state index contributed by atoms with van der Waals surface area (Å²) < 4.78 is 96.3. The third-order valence-electron chi connectivity index (χ3n) is 5.65. The van der Waals surface area contributed by atoms with Crippen molar-refractivity contribution in [3.05, 3.63) is 70.9 Å². The lowest BCUT2D eigenvalue weighted by Crippen LogP contribution is -2.42. The maximum Gasteiger partial charge on any atom is 0.449 e. The number of alkyl halides is 3. The molecule has 2 N–H and O–H groups in total. The van der Waals surface area contributed by atoms with Gasteiger partial charge in [0.1, 0.15) is 5.82 Å². The monoisotopic (exact) mass is 537 g/mol. The van der Waals surface area contributed by atoms with Crippen molar-refractivity contribution in [1.29, 1.82) is 0 Å². The predicted octanol–water partition coefficient (Wildman–Crippen LogP) is 4.24. The minimum absolute atomic E-state index is 0. The predicted molar refractivity (Wildman–Crippen MR) is 116 cm³/mol. The Labute approximate surface area is 206 Å². The average Bonchev–Trinajstić information content (AvgIpc) is 3.17. The Balaban J connectivity index is 0.00000361. The van der Waals surface area contributed by atoms with Crippen LogP contribution in [0.15, 0.2) is 30.6 Å². The van der Waals surface area contributed by atoms with E-state index < -0.39 is 47.2 Å². The molecule has 0 saturated carbocycles. The van der Waals surface area contributed by atoms with E-state index in [0.29, 0.717) is 12.1 Å². The number of benzene rings is 1. The van der Waals surface area contributed by atoms with Crippen LogP contribution in [0.4, 0.5) is 30.7 Å². The Kier molecular flexibility index (Phi) is 7.94. The fraction of sp³-hybridized carbons (Fsp3) is 0.318. The molecule has 194 valence electrons. The number of halogens is 8. The number of carbonyl (C=O) groups is 1. The van der Waals surface area contributed by atoms with Crippen molar-refractivity contribution >= 4 is 18.3 Å². The van der Waals surface area contributed by atoms with Crippen LogP contribution in [0.3, 0.4) is 0 Å². The van der Waals surface area contributed by atoms with Crippen LogP contribution in [0.5, 0.6) is 0 Å². The second kappa shape index (κ2) is 10.4. The molecule has 6 nitrogen and oxygen atoms in total. The van der Waals surface area contributed by atoms with Gasteiger partial charge in [-0.1, -0.05) is 0 Å². The van der Waals surface area contributed by atoms with E-state index >= 15 is 0 Å². The number of nitrogens with zero attached hydrogens (tertiary/aromatic N) is 4.